The Kier molecular flexibility index (Phi) is 8.49. The van der Waals surface area contributed by atoms with E-state index in [1.807, 2.05) is 13.8 Å². The zero-order chi connectivity index (χ0) is 20.0. The Morgan fingerprint density at radius 2 is 1.79 bits per heavy atom. The lowest BCUT2D eigenvalue weighted by atomic mass is 10.1. The number of hydrogen-bond donors (Lipinski definition) is 2. The maximum atomic E-state index is 10.0. The van der Waals surface area contributed by atoms with Crippen molar-refractivity contribution in [3.8, 4) is 0 Å². The van der Waals surface area contributed by atoms with E-state index >= 15 is 0 Å². The number of aliphatic hydroxyl groups is 2. The Labute approximate surface area is 167 Å². The highest BCUT2D eigenvalue weighted by molar-refractivity contribution is 4.96. The minimum Gasteiger partial charge on any atom is -0.394 e. The first kappa shape index (κ1) is 22.4. The molecule has 0 spiro atoms. The molecule has 3 fully saturated rings. The Bertz CT molecular complexity index is 453. The third kappa shape index (κ3) is 6.09. The molecule has 164 valence electrons. The van der Waals surface area contributed by atoms with Crippen LogP contribution >= 0.6 is 0 Å². The van der Waals surface area contributed by atoms with Crippen LogP contribution in [-0.4, -0.2) is 79.4 Å². The third-order valence-corrected chi connectivity index (χ3v) is 5.38. The molecule has 0 aliphatic carbocycles. The van der Waals surface area contributed by atoms with Gasteiger partial charge in [0.2, 0.25) is 0 Å². The van der Waals surface area contributed by atoms with Crippen LogP contribution in [0.15, 0.2) is 0 Å². The second kappa shape index (κ2) is 10.6. The van der Waals surface area contributed by atoms with Gasteiger partial charge in [-0.15, -0.1) is 0 Å². The van der Waals surface area contributed by atoms with Crippen molar-refractivity contribution in [2.24, 2.45) is 0 Å². The normalized spacial score (nSPS) is 35.8. The molecule has 3 saturated heterocycles. The van der Waals surface area contributed by atoms with Gasteiger partial charge < -0.3 is 38.6 Å². The highest BCUT2D eigenvalue weighted by Gasteiger charge is 2.56. The van der Waals surface area contributed by atoms with Crippen LogP contribution in [0, 0.1) is 0 Å². The van der Waals surface area contributed by atoms with Gasteiger partial charge in [0, 0.05) is 19.8 Å². The fourth-order valence-corrected chi connectivity index (χ4v) is 3.94. The molecule has 2 N–H and O–H groups in total. The summed E-state index contributed by atoms with van der Waals surface area (Å²) in [6, 6.07) is 0. The van der Waals surface area contributed by atoms with Crippen molar-refractivity contribution >= 4 is 0 Å². The van der Waals surface area contributed by atoms with Crippen LogP contribution in [0.4, 0.5) is 0 Å². The molecule has 0 aromatic heterocycles. The summed E-state index contributed by atoms with van der Waals surface area (Å²) in [7, 11) is 0. The zero-order valence-corrected chi connectivity index (χ0v) is 17.1. The van der Waals surface area contributed by atoms with Gasteiger partial charge in [0.15, 0.2) is 18.4 Å². The molecular formula is C20H36O8. The molecule has 3 rings (SSSR count). The van der Waals surface area contributed by atoms with Crippen molar-refractivity contribution in [2.75, 3.05) is 26.4 Å². The van der Waals surface area contributed by atoms with Gasteiger partial charge in [-0.05, 0) is 46.0 Å². The number of aliphatic hydroxyl groups excluding tert-OH is 2. The molecule has 1 unspecified atom stereocenters. The van der Waals surface area contributed by atoms with Crippen LogP contribution in [0.2, 0.25) is 0 Å². The van der Waals surface area contributed by atoms with Gasteiger partial charge in [0.25, 0.3) is 0 Å². The van der Waals surface area contributed by atoms with Gasteiger partial charge in [-0.2, -0.15) is 0 Å². The first-order chi connectivity index (χ1) is 13.5. The largest absolute Gasteiger partial charge is 0.394 e. The van der Waals surface area contributed by atoms with Crippen LogP contribution in [0.25, 0.3) is 0 Å². The van der Waals surface area contributed by atoms with Gasteiger partial charge >= 0.3 is 0 Å². The molecular weight excluding hydrogens is 368 g/mol. The van der Waals surface area contributed by atoms with E-state index in [2.05, 4.69) is 0 Å². The summed E-state index contributed by atoms with van der Waals surface area (Å²) in [6.07, 6.45) is 4.22. The number of fused-ring (bicyclic) bond motifs is 1. The summed E-state index contributed by atoms with van der Waals surface area (Å²) in [5.41, 5.74) is 0. The Morgan fingerprint density at radius 1 is 1.04 bits per heavy atom. The van der Waals surface area contributed by atoms with E-state index in [1.54, 1.807) is 0 Å². The van der Waals surface area contributed by atoms with Gasteiger partial charge in [-0.25, -0.2) is 0 Å². The topological polar surface area (TPSA) is 95.8 Å². The Balaban J connectivity index is 1.31. The highest BCUT2D eigenvalue weighted by Crippen LogP contribution is 2.39. The minimum absolute atomic E-state index is 0.0137. The average Bonchev–Trinajstić information content (AvgIpc) is 3.16. The summed E-state index contributed by atoms with van der Waals surface area (Å²) in [5.74, 6) is -0.742. The highest BCUT2D eigenvalue weighted by atomic mass is 16.8. The van der Waals surface area contributed by atoms with E-state index in [0.29, 0.717) is 6.61 Å². The maximum Gasteiger partial charge on any atom is 0.190 e. The molecule has 0 saturated carbocycles. The molecule has 3 aliphatic heterocycles. The van der Waals surface area contributed by atoms with Crippen molar-refractivity contribution in [3.63, 3.8) is 0 Å². The lowest BCUT2D eigenvalue weighted by Gasteiger charge is -2.28. The molecule has 0 radical (unpaired) electrons. The summed E-state index contributed by atoms with van der Waals surface area (Å²) in [5, 5.41) is 19.3. The molecule has 3 heterocycles. The maximum absolute atomic E-state index is 10.0. The Hall–Kier alpha value is -0.320. The number of ether oxygens (including phenoxy) is 6. The first-order valence-corrected chi connectivity index (χ1v) is 10.6. The second-order valence-electron chi connectivity index (χ2n) is 8.24. The lowest BCUT2D eigenvalue weighted by molar-refractivity contribution is -0.231. The van der Waals surface area contributed by atoms with E-state index in [-0.39, 0.29) is 6.29 Å². The van der Waals surface area contributed by atoms with Crippen molar-refractivity contribution in [1.29, 1.82) is 0 Å². The van der Waals surface area contributed by atoms with E-state index in [0.717, 1.165) is 51.7 Å². The van der Waals surface area contributed by atoms with Crippen LogP contribution in [-0.2, 0) is 28.4 Å². The third-order valence-electron chi connectivity index (χ3n) is 5.38. The quantitative estimate of drug-likeness (QED) is 0.503. The van der Waals surface area contributed by atoms with Crippen molar-refractivity contribution in [1.82, 2.24) is 0 Å². The number of unbranched alkanes of at least 4 members (excludes halogenated alkanes) is 3. The molecule has 6 atom stereocenters. The molecule has 8 nitrogen and oxygen atoms in total. The van der Waals surface area contributed by atoms with Crippen LogP contribution in [0.1, 0.15) is 58.8 Å². The standard InChI is InChI=1S/C20H36O8/c1-20(2)27-18-17(16(14(22)13-21)26-19(18)28-20)25-12-7-4-3-6-10-23-15-9-5-8-11-24-15/h14-19,21-22H,3-13H2,1-2H3/t14-,15?,16-,17+,18-,19-/m1/s1. The zero-order valence-electron chi connectivity index (χ0n) is 17.1. The molecule has 0 bridgehead atoms. The summed E-state index contributed by atoms with van der Waals surface area (Å²) >= 11 is 0. The van der Waals surface area contributed by atoms with Crippen LogP contribution < -0.4 is 0 Å². The van der Waals surface area contributed by atoms with Crippen molar-refractivity contribution < 1.29 is 38.6 Å². The summed E-state index contributed by atoms with van der Waals surface area (Å²) in [4.78, 5) is 0. The fraction of sp³-hybridized carbons (Fsp3) is 1.00. The summed E-state index contributed by atoms with van der Waals surface area (Å²) in [6.45, 7) is 5.34. The van der Waals surface area contributed by atoms with Crippen molar-refractivity contribution in [3.05, 3.63) is 0 Å². The van der Waals surface area contributed by atoms with Gasteiger partial charge in [-0.1, -0.05) is 12.8 Å². The van der Waals surface area contributed by atoms with E-state index in [1.165, 1.54) is 6.42 Å². The minimum atomic E-state index is -1.02. The molecule has 0 amide bonds. The molecule has 0 aromatic rings. The predicted octanol–water partition coefficient (Wildman–Crippen LogP) is 1.70. The van der Waals surface area contributed by atoms with E-state index < -0.39 is 43.1 Å². The number of rotatable bonds is 11. The van der Waals surface area contributed by atoms with Gasteiger partial charge in [0.1, 0.15) is 24.4 Å². The van der Waals surface area contributed by atoms with E-state index in [4.69, 9.17) is 28.4 Å². The van der Waals surface area contributed by atoms with Crippen LogP contribution in [0.3, 0.4) is 0 Å². The van der Waals surface area contributed by atoms with Gasteiger partial charge in [-0.3, -0.25) is 0 Å². The fourth-order valence-electron chi connectivity index (χ4n) is 3.94. The lowest BCUT2D eigenvalue weighted by Crippen LogP contribution is -2.44. The number of hydrogen-bond acceptors (Lipinski definition) is 8. The monoisotopic (exact) mass is 404 g/mol. The van der Waals surface area contributed by atoms with Crippen molar-refractivity contribution in [2.45, 2.75) is 102 Å². The van der Waals surface area contributed by atoms with Crippen LogP contribution in [0.5, 0.6) is 0 Å². The SMILES string of the molecule is CC1(C)O[C@H]2O[C@H]([C@H](O)CO)[C@H](OCCCCCCOC3CCCCO3)[C@H]2O1. The average molecular weight is 405 g/mol. The smallest absolute Gasteiger partial charge is 0.190 e. The molecule has 0 aromatic carbocycles. The molecule has 3 aliphatic rings. The van der Waals surface area contributed by atoms with Gasteiger partial charge in [0.05, 0.1) is 6.61 Å². The first-order valence-electron chi connectivity index (χ1n) is 10.6. The van der Waals surface area contributed by atoms with E-state index in [9.17, 15) is 10.2 Å². The molecule has 8 heteroatoms. The molecule has 28 heavy (non-hydrogen) atoms. The predicted molar refractivity (Wildman–Crippen MR) is 99.5 cm³/mol. The summed E-state index contributed by atoms with van der Waals surface area (Å²) < 4.78 is 34.6. The second-order valence-corrected chi connectivity index (χ2v) is 8.24. The Morgan fingerprint density at radius 3 is 2.46 bits per heavy atom.